The van der Waals surface area contributed by atoms with Crippen LogP contribution in [0, 0.1) is 0 Å². The number of rotatable bonds is 2. The molecule has 0 bridgehead atoms. The molecule has 2 amide bonds. The molecule has 1 unspecified atom stereocenters. The van der Waals surface area contributed by atoms with Crippen molar-refractivity contribution in [2.75, 3.05) is 29.9 Å². The molecule has 2 aromatic rings. The van der Waals surface area contributed by atoms with Crippen molar-refractivity contribution in [3.05, 3.63) is 59.7 Å². The number of anilines is 2. The maximum absolute atomic E-state index is 12.8. The summed E-state index contributed by atoms with van der Waals surface area (Å²) in [6, 6.07) is 16.0. The molecule has 4 rings (SSSR count). The molecule has 0 saturated carbocycles. The molecule has 5 nitrogen and oxygen atoms in total. The highest BCUT2D eigenvalue weighted by molar-refractivity contribution is 5.95. The van der Waals surface area contributed by atoms with Crippen molar-refractivity contribution < 1.29 is 9.59 Å². The van der Waals surface area contributed by atoms with Crippen molar-refractivity contribution in [3.8, 4) is 0 Å². The zero-order valence-electron chi connectivity index (χ0n) is 14.2. The van der Waals surface area contributed by atoms with Crippen molar-refractivity contribution in [1.82, 2.24) is 4.90 Å². The molecule has 0 spiro atoms. The fourth-order valence-corrected chi connectivity index (χ4v) is 3.83. The van der Waals surface area contributed by atoms with Crippen LogP contribution in [0.4, 0.5) is 11.4 Å². The van der Waals surface area contributed by atoms with Gasteiger partial charge in [-0.05, 0) is 42.3 Å². The Labute approximate surface area is 147 Å². The third-order valence-corrected chi connectivity index (χ3v) is 4.98. The van der Waals surface area contributed by atoms with Crippen LogP contribution in [-0.2, 0) is 11.2 Å². The molecule has 0 radical (unpaired) electrons. The summed E-state index contributed by atoms with van der Waals surface area (Å²) in [7, 11) is 0. The van der Waals surface area contributed by atoms with Crippen LogP contribution in [-0.4, -0.2) is 42.4 Å². The van der Waals surface area contributed by atoms with E-state index in [9.17, 15) is 9.59 Å². The third-order valence-electron chi connectivity index (χ3n) is 4.98. The van der Waals surface area contributed by atoms with Gasteiger partial charge in [0.15, 0.2) is 0 Å². The summed E-state index contributed by atoms with van der Waals surface area (Å²) in [5.41, 5.74) is 4.07. The summed E-state index contributed by atoms with van der Waals surface area (Å²) in [6.45, 7) is 3.83. The minimum atomic E-state index is -0.115. The predicted molar refractivity (Wildman–Crippen MR) is 97.9 cm³/mol. The number of carbonyl (C=O) groups excluding carboxylic acids is 2. The number of carbonyl (C=O) groups is 2. The van der Waals surface area contributed by atoms with E-state index in [0.717, 1.165) is 26.1 Å². The van der Waals surface area contributed by atoms with Crippen LogP contribution in [0.1, 0.15) is 22.8 Å². The first-order valence-electron chi connectivity index (χ1n) is 8.63. The Kier molecular flexibility index (Phi) is 3.92. The standard InChI is InChI=1S/C20H21N3O2/c1-14(24)21-17-8-6-15(7-9-17)20(25)22-10-11-23-18(13-22)12-16-4-2-3-5-19(16)23/h2-9,18H,10-13H2,1H3,(H,21,24). The lowest BCUT2D eigenvalue weighted by Gasteiger charge is -2.39. The fraction of sp³-hybridized carbons (Fsp3) is 0.300. The van der Waals surface area contributed by atoms with E-state index in [4.69, 9.17) is 0 Å². The summed E-state index contributed by atoms with van der Waals surface area (Å²) in [5, 5.41) is 2.72. The Morgan fingerprint density at radius 3 is 2.56 bits per heavy atom. The topological polar surface area (TPSA) is 52.7 Å². The molecule has 2 aromatic carbocycles. The van der Waals surface area contributed by atoms with Gasteiger partial charge in [-0.1, -0.05) is 18.2 Å². The lowest BCUT2D eigenvalue weighted by atomic mass is 10.1. The summed E-state index contributed by atoms with van der Waals surface area (Å²) in [4.78, 5) is 28.3. The van der Waals surface area contributed by atoms with E-state index in [1.165, 1.54) is 18.2 Å². The van der Waals surface area contributed by atoms with Gasteiger partial charge in [-0.2, -0.15) is 0 Å². The number of fused-ring (bicyclic) bond motifs is 3. The van der Waals surface area contributed by atoms with Gasteiger partial charge >= 0.3 is 0 Å². The smallest absolute Gasteiger partial charge is 0.253 e. The van der Waals surface area contributed by atoms with Crippen molar-refractivity contribution >= 4 is 23.2 Å². The van der Waals surface area contributed by atoms with Crippen molar-refractivity contribution in [2.45, 2.75) is 19.4 Å². The molecule has 0 aromatic heterocycles. The van der Waals surface area contributed by atoms with E-state index < -0.39 is 0 Å². The largest absolute Gasteiger partial charge is 0.364 e. The molecule has 2 aliphatic heterocycles. The molecule has 1 atom stereocenters. The van der Waals surface area contributed by atoms with Gasteiger partial charge in [0.2, 0.25) is 5.91 Å². The quantitative estimate of drug-likeness (QED) is 0.917. The highest BCUT2D eigenvalue weighted by atomic mass is 16.2. The van der Waals surface area contributed by atoms with Gasteiger partial charge in [0, 0.05) is 43.5 Å². The molecule has 5 heteroatoms. The van der Waals surface area contributed by atoms with Crippen molar-refractivity contribution in [1.29, 1.82) is 0 Å². The molecule has 25 heavy (non-hydrogen) atoms. The van der Waals surface area contributed by atoms with Gasteiger partial charge in [0.1, 0.15) is 0 Å². The van der Waals surface area contributed by atoms with Crippen LogP contribution in [0.2, 0.25) is 0 Å². The zero-order chi connectivity index (χ0) is 17.4. The zero-order valence-corrected chi connectivity index (χ0v) is 14.2. The molecule has 1 saturated heterocycles. The van der Waals surface area contributed by atoms with Crippen LogP contribution in [0.5, 0.6) is 0 Å². The highest BCUT2D eigenvalue weighted by Gasteiger charge is 2.35. The van der Waals surface area contributed by atoms with E-state index >= 15 is 0 Å². The Hall–Kier alpha value is -2.82. The molecule has 2 aliphatic rings. The van der Waals surface area contributed by atoms with E-state index in [-0.39, 0.29) is 11.8 Å². The minimum absolute atomic E-state index is 0.0602. The molecule has 2 heterocycles. The number of nitrogens with zero attached hydrogens (tertiary/aromatic N) is 2. The van der Waals surface area contributed by atoms with Gasteiger partial charge in [-0.25, -0.2) is 0 Å². The fourth-order valence-electron chi connectivity index (χ4n) is 3.83. The number of hydrogen-bond acceptors (Lipinski definition) is 3. The summed E-state index contributed by atoms with van der Waals surface area (Å²) >= 11 is 0. The first-order chi connectivity index (χ1) is 12.1. The van der Waals surface area contributed by atoms with Crippen LogP contribution in [0.15, 0.2) is 48.5 Å². The average Bonchev–Trinajstić information content (AvgIpc) is 2.99. The Morgan fingerprint density at radius 2 is 1.80 bits per heavy atom. The second kappa shape index (κ2) is 6.24. The molecule has 0 aliphatic carbocycles. The number of benzene rings is 2. The van der Waals surface area contributed by atoms with E-state index in [1.54, 1.807) is 24.3 Å². The molecule has 128 valence electrons. The molecule has 1 fully saturated rings. The lowest BCUT2D eigenvalue weighted by Crippen LogP contribution is -2.53. The molecular weight excluding hydrogens is 314 g/mol. The maximum atomic E-state index is 12.8. The van der Waals surface area contributed by atoms with Crippen LogP contribution >= 0.6 is 0 Å². The number of amides is 2. The Bertz CT molecular complexity index is 816. The van der Waals surface area contributed by atoms with Crippen molar-refractivity contribution in [3.63, 3.8) is 0 Å². The third kappa shape index (κ3) is 2.97. The number of nitrogens with one attached hydrogen (secondary N) is 1. The monoisotopic (exact) mass is 335 g/mol. The first kappa shape index (κ1) is 15.7. The first-order valence-corrected chi connectivity index (χ1v) is 8.63. The minimum Gasteiger partial charge on any atom is -0.364 e. The van der Waals surface area contributed by atoms with Gasteiger partial charge in [0.25, 0.3) is 5.91 Å². The van der Waals surface area contributed by atoms with E-state index in [1.807, 2.05) is 4.90 Å². The van der Waals surface area contributed by atoms with Gasteiger partial charge in [-0.3, -0.25) is 9.59 Å². The van der Waals surface area contributed by atoms with Gasteiger partial charge < -0.3 is 15.1 Å². The summed E-state index contributed by atoms with van der Waals surface area (Å²) < 4.78 is 0. The van der Waals surface area contributed by atoms with Crippen LogP contribution in [0.3, 0.4) is 0 Å². The Morgan fingerprint density at radius 1 is 1.04 bits per heavy atom. The van der Waals surface area contributed by atoms with E-state index in [2.05, 4.69) is 34.5 Å². The predicted octanol–water partition coefficient (Wildman–Crippen LogP) is 2.53. The van der Waals surface area contributed by atoms with Gasteiger partial charge in [-0.15, -0.1) is 0 Å². The molecule has 1 N–H and O–H groups in total. The van der Waals surface area contributed by atoms with Gasteiger partial charge in [0.05, 0.1) is 6.04 Å². The number of hydrogen-bond donors (Lipinski definition) is 1. The molecular formula is C20H21N3O2. The lowest BCUT2D eigenvalue weighted by molar-refractivity contribution is -0.114. The average molecular weight is 335 g/mol. The SMILES string of the molecule is CC(=O)Nc1ccc(C(=O)N2CCN3c4ccccc4CC3C2)cc1. The van der Waals surface area contributed by atoms with Crippen molar-refractivity contribution in [2.24, 2.45) is 0 Å². The highest BCUT2D eigenvalue weighted by Crippen LogP contribution is 2.34. The Balaban J connectivity index is 1.45. The maximum Gasteiger partial charge on any atom is 0.253 e. The second-order valence-electron chi connectivity index (χ2n) is 6.69. The van der Waals surface area contributed by atoms with Crippen LogP contribution in [0.25, 0.3) is 0 Å². The number of para-hydroxylation sites is 1. The van der Waals surface area contributed by atoms with Crippen LogP contribution < -0.4 is 10.2 Å². The summed E-state index contributed by atoms with van der Waals surface area (Å²) in [6.07, 6.45) is 1.00. The summed E-state index contributed by atoms with van der Waals surface area (Å²) in [5.74, 6) is -0.0546. The normalized spacial score (nSPS) is 18.5. The number of piperazine rings is 1. The second-order valence-corrected chi connectivity index (χ2v) is 6.69. The van der Waals surface area contributed by atoms with E-state index in [0.29, 0.717) is 17.3 Å².